The first-order valence-corrected chi connectivity index (χ1v) is 6.66. The third kappa shape index (κ3) is 3.50. The number of ether oxygens (including phenoxy) is 2. The molecular weight excluding hydrogens is 236 g/mol. The van der Waals surface area contributed by atoms with Gasteiger partial charge < -0.3 is 9.47 Å². The summed E-state index contributed by atoms with van der Waals surface area (Å²) in [6.07, 6.45) is 1.05. The van der Waals surface area contributed by atoms with Crippen LogP contribution in [0.1, 0.15) is 24.8 Å². The monoisotopic (exact) mass is 256 g/mol. The second kappa shape index (κ2) is 6.83. The summed E-state index contributed by atoms with van der Waals surface area (Å²) in [6.45, 7) is 2.85. The molecule has 1 atom stereocenters. The van der Waals surface area contributed by atoms with Crippen LogP contribution in [0.25, 0.3) is 0 Å². The van der Waals surface area contributed by atoms with Crippen molar-refractivity contribution in [3.63, 3.8) is 0 Å². The first-order chi connectivity index (χ1) is 9.35. The third-order valence-corrected chi connectivity index (χ3v) is 3.27. The molecule has 2 nitrogen and oxygen atoms in total. The van der Waals surface area contributed by atoms with E-state index >= 15 is 0 Å². The molecule has 0 saturated carbocycles. The Morgan fingerprint density at radius 2 is 1.53 bits per heavy atom. The molecule has 0 fully saturated rings. The molecular formula is C17H20O2. The highest BCUT2D eigenvalue weighted by molar-refractivity contribution is 5.39. The summed E-state index contributed by atoms with van der Waals surface area (Å²) in [7, 11) is 1.66. The van der Waals surface area contributed by atoms with Crippen molar-refractivity contribution < 1.29 is 9.47 Å². The molecule has 0 amide bonds. The van der Waals surface area contributed by atoms with Gasteiger partial charge in [0.1, 0.15) is 0 Å². The maximum absolute atomic E-state index is 5.91. The lowest BCUT2D eigenvalue weighted by Gasteiger charge is -2.17. The van der Waals surface area contributed by atoms with Gasteiger partial charge in [-0.1, -0.05) is 49.4 Å². The van der Waals surface area contributed by atoms with Gasteiger partial charge in [0, 0.05) is 5.92 Å². The number of hydrogen-bond acceptors (Lipinski definition) is 2. The van der Waals surface area contributed by atoms with Crippen molar-refractivity contribution in [1.82, 2.24) is 0 Å². The lowest BCUT2D eigenvalue weighted by Crippen LogP contribution is -2.10. The number of benzene rings is 2. The van der Waals surface area contributed by atoms with Crippen molar-refractivity contribution in [1.29, 1.82) is 0 Å². The highest BCUT2D eigenvalue weighted by Crippen LogP contribution is 2.28. The maximum atomic E-state index is 5.91. The van der Waals surface area contributed by atoms with Crippen molar-refractivity contribution >= 4 is 0 Å². The molecule has 2 aromatic rings. The van der Waals surface area contributed by atoms with Crippen LogP contribution in [0.3, 0.4) is 0 Å². The predicted molar refractivity (Wildman–Crippen MR) is 78.0 cm³/mol. The predicted octanol–water partition coefficient (Wildman–Crippen LogP) is 4.27. The van der Waals surface area contributed by atoms with Crippen molar-refractivity contribution in [3.05, 3.63) is 60.2 Å². The van der Waals surface area contributed by atoms with Crippen molar-refractivity contribution in [2.24, 2.45) is 0 Å². The van der Waals surface area contributed by atoms with Gasteiger partial charge in [-0.25, -0.2) is 0 Å². The van der Waals surface area contributed by atoms with Crippen LogP contribution in [0.2, 0.25) is 0 Å². The normalized spacial score (nSPS) is 11.9. The van der Waals surface area contributed by atoms with E-state index in [-0.39, 0.29) is 0 Å². The summed E-state index contributed by atoms with van der Waals surface area (Å²) in [4.78, 5) is 0. The van der Waals surface area contributed by atoms with E-state index in [4.69, 9.17) is 9.47 Å². The molecule has 0 heterocycles. The fourth-order valence-electron chi connectivity index (χ4n) is 2.10. The van der Waals surface area contributed by atoms with E-state index in [1.165, 1.54) is 5.56 Å². The Morgan fingerprint density at radius 1 is 0.895 bits per heavy atom. The summed E-state index contributed by atoms with van der Waals surface area (Å²) in [5.74, 6) is 2.00. The average Bonchev–Trinajstić information content (AvgIpc) is 2.49. The topological polar surface area (TPSA) is 18.5 Å². The minimum absolute atomic E-state index is 0.408. The van der Waals surface area contributed by atoms with Gasteiger partial charge in [-0.2, -0.15) is 0 Å². The van der Waals surface area contributed by atoms with E-state index in [2.05, 4.69) is 31.2 Å². The van der Waals surface area contributed by atoms with E-state index in [0.29, 0.717) is 12.5 Å². The van der Waals surface area contributed by atoms with Gasteiger partial charge in [-0.05, 0) is 24.1 Å². The van der Waals surface area contributed by atoms with Crippen LogP contribution in [0, 0.1) is 0 Å². The Hall–Kier alpha value is -1.96. The molecule has 0 aliphatic carbocycles. The number of hydrogen-bond donors (Lipinski definition) is 0. The van der Waals surface area contributed by atoms with Gasteiger partial charge in [0.25, 0.3) is 0 Å². The Balaban J connectivity index is 2.04. The Kier molecular flexibility index (Phi) is 4.85. The molecule has 0 aromatic heterocycles. The standard InChI is InChI=1S/C17H20O2/c1-3-14(15-9-5-4-6-10-15)13-19-17-12-8-7-11-16(17)18-2/h4-12,14H,3,13H2,1-2H3. The zero-order valence-electron chi connectivity index (χ0n) is 11.5. The molecule has 2 heteroatoms. The largest absolute Gasteiger partial charge is 0.493 e. The van der Waals surface area contributed by atoms with Crippen LogP contribution >= 0.6 is 0 Å². The first kappa shape index (κ1) is 13.5. The molecule has 1 unspecified atom stereocenters. The minimum Gasteiger partial charge on any atom is -0.493 e. The quantitative estimate of drug-likeness (QED) is 0.768. The fraction of sp³-hybridized carbons (Fsp3) is 0.294. The second-order valence-corrected chi connectivity index (χ2v) is 4.48. The highest BCUT2D eigenvalue weighted by Gasteiger charge is 2.11. The molecule has 19 heavy (non-hydrogen) atoms. The Labute approximate surface area is 115 Å². The van der Waals surface area contributed by atoms with Crippen LogP contribution in [-0.4, -0.2) is 13.7 Å². The lowest BCUT2D eigenvalue weighted by atomic mass is 9.98. The number of rotatable bonds is 6. The van der Waals surface area contributed by atoms with Gasteiger partial charge in [-0.3, -0.25) is 0 Å². The number of para-hydroxylation sites is 2. The van der Waals surface area contributed by atoms with E-state index in [0.717, 1.165) is 17.9 Å². The van der Waals surface area contributed by atoms with Crippen LogP contribution in [-0.2, 0) is 0 Å². The molecule has 0 saturated heterocycles. The van der Waals surface area contributed by atoms with Crippen LogP contribution in [0.5, 0.6) is 11.5 Å². The molecule has 0 bridgehead atoms. The van der Waals surface area contributed by atoms with Crippen LogP contribution in [0.4, 0.5) is 0 Å². The summed E-state index contributed by atoms with van der Waals surface area (Å²) < 4.78 is 11.2. The molecule has 0 aliphatic rings. The van der Waals surface area contributed by atoms with Gasteiger partial charge >= 0.3 is 0 Å². The van der Waals surface area contributed by atoms with Gasteiger partial charge in [0.2, 0.25) is 0 Å². The summed E-state index contributed by atoms with van der Waals surface area (Å²) in [5, 5.41) is 0. The molecule has 0 spiro atoms. The molecule has 0 radical (unpaired) electrons. The van der Waals surface area contributed by atoms with Crippen LogP contribution in [0.15, 0.2) is 54.6 Å². The Morgan fingerprint density at radius 3 is 2.16 bits per heavy atom. The first-order valence-electron chi connectivity index (χ1n) is 6.66. The van der Waals surface area contributed by atoms with Gasteiger partial charge in [-0.15, -0.1) is 0 Å². The summed E-state index contributed by atoms with van der Waals surface area (Å²) in [5.41, 5.74) is 1.32. The molecule has 2 rings (SSSR count). The van der Waals surface area contributed by atoms with E-state index < -0.39 is 0 Å². The smallest absolute Gasteiger partial charge is 0.161 e. The van der Waals surface area contributed by atoms with Crippen molar-refractivity contribution in [3.8, 4) is 11.5 Å². The van der Waals surface area contributed by atoms with Crippen LogP contribution < -0.4 is 9.47 Å². The van der Waals surface area contributed by atoms with E-state index in [9.17, 15) is 0 Å². The average molecular weight is 256 g/mol. The number of methoxy groups -OCH3 is 1. The Bertz CT molecular complexity index is 494. The zero-order chi connectivity index (χ0) is 13.5. The van der Waals surface area contributed by atoms with Gasteiger partial charge in [0.05, 0.1) is 13.7 Å². The third-order valence-electron chi connectivity index (χ3n) is 3.27. The molecule has 100 valence electrons. The molecule has 0 N–H and O–H groups in total. The highest BCUT2D eigenvalue weighted by atomic mass is 16.5. The fourth-order valence-corrected chi connectivity index (χ4v) is 2.10. The maximum Gasteiger partial charge on any atom is 0.161 e. The van der Waals surface area contributed by atoms with E-state index in [1.807, 2.05) is 30.3 Å². The molecule has 2 aromatic carbocycles. The second-order valence-electron chi connectivity index (χ2n) is 4.48. The summed E-state index contributed by atoms with van der Waals surface area (Å²) in [6, 6.07) is 18.2. The SMILES string of the molecule is CCC(COc1ccccc1OC)c1ccccc1. The zero-order valence-corrected chi connectivity index (χ0v) is 11.5. The lowest BCUT2D eigenvalue weighted by molar-refractivity contribution is 0.268. The summed E-state index contributed by atoms with van der Waals surface area (Å²) >= 11 is 0. The van der Waals surface area contributed by atoms with Gasteiger partial charge in [0.15, 0.2) is 11.5 Å². The van der Waals surface area contributed by atoms with E-state index in [1.54, 1.807) is 7.11 Å². The minimum atomic E-state index is 0.408. The van der Waals surface area contributed by atoms with Crippen molar-refractivity contribution in [2.45, 2.75) is 19.3 Å². The van der Waals surface area contributed by atoms with Crippen molar-refractivity contribution in [2.75, 3.05) is 13.7 Å². The molecule has 0 aliphatic heterocycles.